The lowest BCUT2D eigenvalue weighted by molar-refractivity contribution is -0.138. The summed E-state index contributed by atoms with van der Waals surface area (Å²) < 4.78 is 9.33. The van der Waals surface area contributed by atoms with Gasteiger partial charge < -0.3 is 14.4 Å². The molecule has 5 aromatic rings. The Hall–Kier alpha value is -3.28. The highest BCUT2D eigenvalue weighted by atomic mass is 35.5. The minimum Gasteiger partial charge on any atom is -0.494 e. The fourth-order valence-corrected chi connectivity index (χ4v) is 5.78. The summed E-state index contributed by atoms with van der Waals surface area (Å²) >= 11 is 7.99. The molecule has 0 amide bonds. The number of rotatable bonds is 10. The van der Waals surface area contributed by atoms with Crippen LogP contribution >= 0.6 is 22.9 Å². The van der Waals surface area contributed by atoms with Gasteiger partial charge in [-0.3, -0.25) is 4.79 Å². The first-order valence-corrected chi connectivity index (χ1v) is 13.5. The van der Waals surface area contributed by atoms with Crippen molar-refractivity contribution in [3.8, 4) is 5.75 Å². The maximum Gasteiger partial charge on any atom is 0.311 e. The molecule has 6 heteroatoms. The summed E-state index contributed by atoms with van der Waals surface area (Å²) in [7, 11) is 0. The van der Waals surface area contributed by atoms with Gasteiger partial charge >= 0.3 is 5.97 Å². The smallest absolute Gasteiger partial charge is 0.311 e. The van der Waals surface area contributed by atoms with Gasteiger partial charge in [0.1, 0.15) is 5.75 Å². The van der Waals surface area contributed by atoms with E-state index in [1.807, 2.05) is 72.9 Å². The van der Waals surface area contributed by atoms with Crippen LogP contribution < -0.4 is 4.74 Å². The van der Waals surface area contributed by atoms with Gasteiger partial charge in [-0.25, -0.2) is 0 Å². The van der Waals surface area contributed by atoms with E-state index in [2.05, 4.69) is 16.9 Å². The van der Waals surface area contributed by atoms with E-state index in [0.717, 1.165) is 51.6 Å². The number of benzene rings is 3. The Labute approximate surface area is 219 Å². The van der Waals surface area contributed by atoms with Crippen molar-refractivity contribution in [1.29, 1.82) is 0 Å². The van der Waals surface area contributed by atoms with Crippen LogP contribution in [0.1, 0.15) is 42.4 Å². The molecule has 3 aromatic carbocycles. The molecule has 0 fully saturated rings. The van der Waals surface area contributed by atoms with Crippen LogP contribution in [-0.2, 0) is 17.8 Å². The highest BCUT2D eigenvalue weighted by Gasteiger charge is 2.25. The molecule has 5 rings (SSSR count). The molecule has 4 nitrogen and oxygen atoms in total. The van der Waals surface area contributed by atoms with Crippen molar-refractivity contribution >= 4 is 49.9 Å². The van der Waals surface area contributed by atoms with E-state index in [1.54, 1.807) is 11.3 Å². The summed E-state index contributed by atoms with van der Waals surface area (Å²) in [6.45, 7) is 3.42. The van der Waals surface area contributed by atoms with Gasteiger partial charge in [0.05, 0.1) is 18.0 Å². The summed E-state index contributed by atoms with van der Waals surface area (Å²) in [5, 5.41) is 15.2. The number of carboxylic acid groups (broad SMARTS) is 1. The number of carboxylic acids is 1. The second-order valence-corrected chi connectivity index (χ2v) is 10.4. The van der Waals surface area contributed by atoms with Crippen molar-refractivity contribution in [2.75, 3.05) is 6.61 Å². The fourth-order valence-electron chi connectivity index (χ4n) is 4.67. The number of unbranched alkanes of at least 4 members (excludes halogenated alkanes) is 1. The Morgan fingerprint density at radius 2 is 1.92 bits per heavy atom. The number of halogens is 1. The molecule has 1 unspecified atom stereocenters. The maximum atomic E-state index is 12.5. The lowest BCUT2D eigenvalue weighted by Gasteiger charge is -2.12. The summed E-state index contributed by atoms with van der Waals surface area (Å²) in [6.07, 6.45) is 4.50. The normalized spacial score (nSPS) is 12.3. The van der Waals surface area contributed by atoms with Gasteiger partial charge in [0.15, 0.2) is 0 Å². The van der Waals surface area contributed by atoms with Crippen LogP contribution in [0.4, 0.5) is 0 Å². The molecule has 0 aliphatic heterocycles. The van der Waals surface area contributed by atoms with Crippen LogP contribution in [0.25, 0.3) is 21.0 Å². The molecule has 0 radical (unpaired) electrons. The minimum absolute atomic E-state index is 0.432. The number of hydrogen-bond donors (Lipinski definition) is 1. The van der Waals surface area contributed by atoms with Gasteiger partial charge in [0.25, 0.3) is 0 Å². The summed E-state index contributed by atoms with van der Waals surface area (Å²) in [5.41, 5.74) is 3.95. The highest BCUT2D eigenvalue weighted by molar-refractivity contribution is 7.17. The second-order valence-electron chi connectivity index (χ2n) is 9.08. The molecule has 0 saturated carbocycles. The quantitative estimate of drug-likeness (QED) is 0.190. The molecule has 0 aliphatic carbocycles. The van der Waals surface area contributed by atoms with Crippen LogP contribution in [0.2, 0.25) is 5.02 Å². The Balaban J connectivity index is 1.59. The zero-order chi connectivity index (χ0) is 25.1. The summed E-state index contributed by atoms with van der Waals surface area (Å²) in [4.78, 5) is 12.5. The van der Waals surface area contributed by atoms with Crippen molar-refractivity contribution in [3.05, 3.63) is 100 Å². The standard InChI is InChI=1S/C30H28ClNO3S/c1-2-3-13-35-23-10-11-24-27(26(30(33)34)14-20-7-5-4-6-8-20)18-32(28(24)16-23)17-21-19-36-29-12-9-22(31)15-25(21)29/h4-12,15-16,18-19,26H,2-3,13-14,17H2,1H3,(H,33,34). The topological polar surface area (TPSA) is 51.5 Å². The number of nitrogens with zero attached hydrogens (tertiary/aromatic N) is 1. The lowest BCUT2D eigenvalue weighted by Crippen LogP contribution is -2.14. The Bertz CT molecular complexity index is 1510. The third-order valence-corrected chi connectivity index (χ3v) is 7.81. The largest absolute Gasteiger partial charge is 0.494 e. The number of fused-ring (bicyclic) bond motifs is 2. The molecule has 0 spiro atoms. The van der Waals surface area contributed by atoms with Gasteiger partial charge in [0, 0.05) is 33.9 Å². The van der Waals surface area contributed by atoms with Crippen LogP contribution in [0.15, 0.2) is 78.3 Å². The summed E-state index contributed by atoms with van der Waals surface area (Å²) in [6, 6.07) is 21.8. The Morgan fingerprint density at radius 1 is 1.08 bits per heavy atom. The monoisotopic (exact) mass is 517 g/mol. The molecule has 1 atom stereocenters. The average molecular weight is 518 g/mol. The minimum atomic E-state index is -0.825. The van der Waals surface area contributed by atoms with E-state index in [-0.39, 0.29) is 0 Å². The molecule has 2 heterocycles. The van der Waals surface area contributed by atoms with E-state index < -0.39 is 11.9 Å². The summed E-state index contributed by atoms with van der Waals surface area (Å²) in [5.74, 6) is -0.680. The van der Waals surface area contributed by atoms with E-state index in [0.29, 0.717) is 24.6 Å². The molecule has 184 valence electrons. The van der Waals surface area contributed by atoms with Crippen LogP contribution in [0.5, 0.6) is 5.75 Å². The number of thiophene rings is 1. The predicted octanol–water partition coefficient (Wildman–Crippen LogP) is 8.15. The fraction of sp³-hybridized carbons (Fsp3) is 0.233. The van der Waals surface area contributed by atoms with E-state index in [4.69, 9.17) is 16.3 Å². The Morgan fingerprint density at radius 3 is 2.69 bits per heavy atom. The molecule has 0 saturated heterocycles. The number of hydrogen-bond acceptors (Lipinski definition) is 3. The van der Waals surface area contributed by atoms with Gasteiger partial charge in [0.2, 0.25) is 0 Å². The van der Waals surface area contributed by atoms with Crippen LogP contribution in [-0.4, -0.2) is 22.2 Å². The van der Waals surface area contributed by atoms with Gasteiger partial charge in [-0.2, -0.15) is 0 Å². The van der Waals surface area contributed by atoms with E-state index in [9.17, 15) is 9.90 Å². The number of aliphatic carboxylic acids is 1. The van der Waals surface area contributed by atoms with Crippen molar-refractivity contribution in [2.24, 2.45) is 0 Å². The van der Waals surface area contributed by atoms with Gasteiger partial charge in [-0.15, -0.1) is 11.3 Å². The molecule has 0 aliphatic rings. The van der Waals surface area contributed by atoms with Crippen molar-refractivity contribution in [3.63, 3.8) is 0 Å². The first kappa shape index (κ1) is 24.4. The highest BCUT2D eigenvalue weighted by Crippen LogP contribution is 2.35. The van der Waals surface area contributed by atoms with Crippen molar-refractivity contribution in [1.82, 2.24) is 4.57 Å². The van der Waals surface area contributed by atoms with Crippen molar-refractivity contribution < 1.29 is 14.6 Å². The average Bonchev–Trinajstić information content (AvgIpc) is 3.44. The molecule has 2 aromatic heterocycles. The zero-order valence-electron chi connectivity index (χ0n) is 20.1. The first-order valence-electron chi connectivity index (χ1n) is 12.2. The van der Waals surface area contributed by atoms with Gasteiger partial charge in [-0.1, -0.05) is 55.3 Å². The second kappa shape index (κ2) is 10.8. The van der Waals surface area contributed by atoms with Gasteiger partial charge in [-0.05, 0) is 70.6 Å². The first-order chi connectivity index (χ1) is 17.5. The zero-order valence-corrected chi connectivity index (χ0v) is 21.7. The van der Waals surface area contributed by atoms with E-state index in [1.165, 1.54) is 4.70 Å². The SMILES string of the molecule is CCCCOc1ccc2c(C(Cc3ccccc3)C(=O)O)cn(Cc3csc4ccc(Cl)cc34)c2c1. The third kappa shape index (κ3) is 5.13. The lowest BCUT2D eigenvalue weighted by atomic mass is 9.92. The molecule has 0 bridgehead atoms. The number of ether oxygens (including phenoxy) is 1. The molecular formula is C30H28ClNO3S. The maximum absolute atomic E-state index is 12.5. The number of carbonyl (C=O) groups is 1. The predicted molar refractivity (Wildman–Crippen MR) is 149 cm³/mol. The van der Waals surface area contributed by atoms with Crippen molar-refractivity contribution in [2.45, 2.75) is 38.6 Å². The third-order valence-electron chi connectivity index (χ3n) is 6.56. The molecule has 36 heavy (non-hydrogen) atoms. The van der Waals surface area contributed by atoms with E-state index >= 15 is 0 Å². The van der Waals surface area contributed by atoms with Crippen LogP contribution in [0.3, 0.4) is 0 Å². The number of aromatic nitrogens is 1. The molecule has 1 N–H and O–H groups in total. The van der Waals surface area contributed by atoms with Crippen LogP contribution in [0, 0.1) is 0 Å². The Kier molecular flexibility index (Phi) is 7.30. The molecular weight excluding hydrogens is 490 g/mol.